The van der Waals surface area contributed by atoms with E-state index in [1.165, 1.54) is 6.07 Å². The van der Waals surface area contributed by atoms with E-state index in [-0.39, 0.29) is 10.8 Å². The first-order valence-corrected chi connectivity index (χ1v) is 10.6. The van der Waals surface area contributed by atoms with Gasteiger partial charge in [-0.3, -0.25) is 9.79 Å². The molecule has 31 heavy (non-hydrogen) atoms. The number of amidine groups is 1. The molecule has 0 bridgehead atoms. The van der Waals surface area contributed by atoms with Gasteiger partial charge in [0, 0.05) is 28.3 Å². The largest absolute Gasteiger partial charge is 0.480 e. The molecule has 0 amide bonds. The highest BCUT2D eigenvalue weighted by atomic mass is 35.5. The lowest BCUT2D eigenvalue weighted by atomic mass is 9.95. The number of benzene rings is 3. The molecule has 4 rings (SSSR count). The number of Topliss-reactive ketones (excluding diaryl/α,β-unsaturated/α-hetero) is 1. The monoisotopic (exact) mass is 453 g/mol. The number of halogens is 2. The van der Waals surface area contributed by atoms with Crippen LogP contribution in [0.15, 0.2) is 65.7 Å². The highest BCUT2D eigenvalue weighted by Gasteiger charge is 2.38. The lowest BCUT2D eigenvalue weighted by molar-refractivity contribution is 0.0795. The van der Waals surface area contributed by atoms with E-state index in [9.17, 15) is 4.79 Å². The number of nitrogens with zero attached hydrogens (tertiary/aromatic N) is 1. The lowest BCUT2D eigenvalue weighted by Crippen LogP contribution is -2.33. The molecule has 3 aromatic rings. The number of rotatable bonds is 5. The molecule has 0 spiro atoms. The first-order chi connectivity index (χ1) is 14.9. The second-order valence-corrected chi connectivity index (χ2v) is 8.09. The van der Waals surface area contributed by atoms with E-state index < -0.39 is 12.1 Å². The predicted octanol–water partition coefficient (Wildman–Crippen LogP) is 5.03. The Morgan fingerprint density at radius 3 is 2.58 bits per heavy atom. The Morgan fingerprint density at radius 1 is 1.06 bits per heavy atom. The van der Waals surface area contributed by atoms with Crippen LogP contribution < -0.4 is 16.2 Å². The van der Waals surface area contributed by atoms with E-state index in [0.717, 1.165) is 22.3 Å². The maximum Gasteiger partial charge on any atom is 0.206 e. The fraction of sp³-hybridized carbons (Fsp3) is 0.167. The number of aliphatic imine (C=N–C) groups is 1. The van der Waals surface area contributed by atoms with E-state index in [0.29, 0.717) is 28.7 Å². The number of ether oxygens (including phenoxy) is 1. The molecule has 0 aromatic heterocycles. The molecule has 0 radical (unpaired) electrons. The van der Waals surface area contributed by atoms with Crippen molar-refractivity contribution in [2.45, 2.75) is 19.1 Å². The van der Waals surface area contributed by atoms with Gasteiger partial charge < -0.3 is 16.2 Å². The van der Waals surface area contributed by atoms with Crippen LogP contribution in [-0.2, 0) is 0 Å². The van der Waals surface area contributed by atoms with Gasteiger partial charge in [0.2, 0.25) is 5.78 Å². The molecule has 2 atom stereocenters. The second-order valence-electron chi connectivity index (χ2n) is 7.25. The van der Waals surface area contributed by atoms with Crippen LogP contribution in [0.3, 0.4) is 0 Å². The summed E-state index contributed by atoms with van der Waals surface area (Å²) in [6, 6.07) is 17.7. The molecule has 7 heteroatoms. The summed E-state index contributed by atoms with van der Waals surface area (Å²) in [7, 11) is 0. The summed E-state index contributed by atoms with van der Waals surface area (Å²) < 4.78 is 5.98. The van der Waals surface area contributed by atoms with E-state index >= 15 is 0 Å². The highest BCUT2D eigenvalue weighted by Crippen LogP contribution is 2.40. The molecular weight excluding hydrogens is 433 g/mol. The summed E-state index contributed by atoms with van der Waals surface area (Å²) in [6.45, 7) is 2.56. The number of carbonyl (C=O) groups is 1. The van der Waals surface area contributed by atoms with Gasteiger partial charge in [-0.05, 0) is 48.4 Å². The van der Waals surface area contributed by atoms with Crippen LogP contribution in [0.2, 0.25) is 10.0 Å². The molecule has 158 valence electrons. The number of carbonyl (C=O) groups excluding carboxylic acids is 1. The topological polar surface area (TPSA) is 90.7 Å². The summed E-state index contributed by atoms with van der Waals surface area (Å²) in [5.74, 6) is 0.792. The Balaban J connectivity index is 1.63. The third-order valence-corrected chi connectivity index (χ3v) is 5.78. The van der Waals surface area contributed by atoms with Gasteiger partial charge in [0.05, 0.1) is 11.1 Å². The van der Waals surface area contributed by atoms with Crippen LogP contribution >= 0.6 is 23.2 Å². The molecule has 1 heterocycles. The van der Waals surface area contributed by atoms with Crippen molar-refractivity contribution < 1.29 is 9.53 Å². The standard InChI is InChI=1S/C24H21Cl2N3O2/c1-2-29-24(28)15-5-3-4-13(10-15)14-6-8-18-20(11-14)31-23(21(18)27)22(30)17-9-7-16(25)12-19(17)26/h3-12,21,23H,2,27H2,1H3,(H2,28,29). The summed E-state index contributed by atoms with van der Waals surface area (Å²) in [6.07, 6.45) is -0.859. The van der Waals surface area contributed by atoms with Crippen molar-refractivity contribution in [2.75, 3.05) is 6.54 Å². The molecule has 5 nitrogen and oxygen atoms in total. The Hall–Kier alpha value is -2.86. The fourth-order valence-electron chi connectivity index (χ4n) is 3.64. The zero-order chi connectivity index (χ0) is 22.1. The number of nitrogens with two attached hydrogens (primary N) is 2. The van der Waals surface area contributed by atoms with Crippen LogP contribution in [0.4, 0.5) is 0 Å². The first kappa shape index (κ1) is 21.4. The van der Waals surface area contributed by atoms with Crippen molar-refractivity contribution in [1.82, 2.24) is 0 Å². The van der Waals surface area contributed by atoms with Crippen LogP contribution in [0.1, 0.15) is 34.5 Å². The quantitative estimate of drug-likeness (QED) is 0.322. The number of hydrogen-bond donors (Lipinski definition) is 2. The van der Waals surface area contributed by atoms with Crippen molar-refractivity contribution in [1.29, 1.82) is 0 Å². The van der Waals surface area contributed by atoms with E-state index in [1.807, 2.05) is 49.4 Å². The van der Waals surface area contributed by atoms with Crippen molar-refractivity contribution in [2.24, 2.45) is 16.5 Å². The molecule has 1 aliphatic heterocycles. The van der Waals surface area contributed by atoms with E-state index in [1.54, 1.807) is 12.1 Å². The Bertz CT molecular complexity index is 1190. The van der Waals surface area contributed by atoms with E-state index in [4.69, 9.17) is 39.4 Å². The van der Waals surface area contributed by atoms with Crippen molar-refractivity contribution in [3.05, 3.63) is 87.4 Å². The maximum absolute atomic E-state index is 13.0. The first-order valence-electron chi connectivity index (χ1n) is 9.85. The minimum absolute atomic E-state index is 0.271. The molecular formula is C24H21Cl2N3O2. The SMILES string of the molecule is CCN=C(N)c1cccc(-c2ccc3c(c2)OC(C(=O)c2ccc(Cl)cc2Cl)C3N)c1. The number of hydrogen-bond acceptors (Lipinski definition) is 4. The lowest BCUT2D eigenvalue weighted by Gasteiger charge is -2.15. The van der Waals surface area contributed by atoms with E-state index in [2.05, 4.69) is 4.99 Å². The van der Waals surface area contributed by atoms with Gasteiger partial charge in [0.25, 0.3) is 0 Å². The second kappa shape index (κ2) is 8.71. The fourth-order valence-corrected chi connectivity index (χ4v) is 4.15. The molecule has 2 unspecified atom stereocenters. The average molecular weight is 454 g/mol. The Labute approximate surface area is 190 Å². The number of ketones is 1. The third kappa shape index (κ3) is 4.17. The summed E-state index contributed by atoms with van der Waals surface area (Å²) in [5.41, 5.74) is 16.2. The molecule has 1 aliphatic rings. The Morgan fingerprint density at radius 2 is 1.84 bits per heavy atom. The molecule has 3 aromatic carbocycles. The van der Waals surface area contributed by atoms with Crippen molar-refractivity contribution in [3.63, 3.8) is 0 Å². The number of fused-ring (bicyclic) bond motifs is 1. The minimum atomic E-state index is -0.859. The zero-order valence-corrected chi connectivity index (χ0v) is 18.3. The molecule has 0 saturated carbocycles. The zero-order valence-electron chi connectivity index (χ0n) is 16.8. The molecule has 0 aliphatic carbocycles. The van der Waals surface area contributed by atoms with Gasteiger partial charge in [-0.1, -0.05) is 53.5 Å². The average Bonchev–Trinajstić information content (AvgIpc) is 3.09. The van der Waals surface area contributed by atoms with Crippen LogP contribution in [0, 0.1) is 0 Å². The van der Waals surface area contributed by atoms with Gasteiger partial charge in [-0.15, -0.1) is 0 Å². The molecule has 4 N–H and O–H groups in total. The summed E-state index contributed by atoms with van der Waals surface area (Å²) in [4.78, 5) is 17.3. The Kier molecular flexibility index (Phi) is 6.01. The van der Waals surface area contributed by atoms with Crippen LogP contribution in [-0.4, -0.2) is 24.3 Å². The van der Waals surface area contributed by atoms with Gasteiger partial charge in [-0.2, -0.15) is 0 Å². The van der Waals surface area contributed by atoms with Gasteiger partial charge >= 0.3 is 0 Å². The van der Waals surface area contributed by atoms with Crippen LogP contribution in [0.5, 0.6) is 5.75 Å². The smallest absolute Gasteiger partial charge is 0.206 e. The van der Waals surface area contributed by atoms with Crippen molar-refractivity contribution >= 4 is 34.8 Å². The normalized spacial score (nSPS) is 17.9. The third-order valence-electron chi connectivity index (χ3n) is 5.23. The summed E-state index contributed by atoms with van der Waals surface area (Å²) >= 11 is 12.1. The molecule has 0 saturated heterocycles. The van der Waals surface area contributed by atoms with Gasteiger partial charge in [0.1, 0.15) is 11.6 Å². The van der Waals surface area contributed by atoms with Gasteiger partial charge in [0.15, 0.2) is 6.10 Å². The maximum atomic E-state index is 13.0. The molecule has 0 fully saturated rings. The minimum Gasteiger partial charge on any atom is -0.480 e. The predicted molar refractivity (Wildman–Crippen MR) is 125 cm³/mol. The van der Waals surface area contributed by atoms with Gasteiger partial charge in [-0.25, -0.2) is 0 Å². The van der Waals surface area contributed by atoms with Crippen molar-refractivity contribution in [3.8, 4) is 16.9 Å². The highest BCUT2D eigenvalue weighted by molar-refractivity contribution is 6.37. The summed E-state index contributed by atoms with van der Waals surface area (Å²) in [5, 5.41) is 0.728. The van der Waals surface area contributed by atoms with Crippen LogP contribution in [0.25, 0.3) is 11.1 Å².